The van der Waals surface area contributed by atoms with Crippen LogP contribution in [0.1, 0.15) is 10.4 Å². The number of rotatable bonds is 3. The molecule has 0 aliphatic heterocycles. The summed E-state index contributed by atoms with van der Waals surface area (Å²) in [5, 5.41) is 6.50. The summed E-state index contributed by atoms with van der Waals surface area (Å²) in [6, 6.07) is 16.2. The van der Waals surface area contributed by atoms with E-state index < -0.39 is 0 Å². The Balaban J connectivity index is 1.86. The summed E-state index contributed by atoms with van der Waals surface area (Å²) in [5.74, 6) is -0.331. The second-order valence-electron chi connectivity index (χ2n) is 5.38. The minimum atomic E-state index is -0.331. The van der Waals surface area contributed by atoms with Crippen LogP contribution in [0.15, 0.2) is 75.6 Å². The quantitative estimate of drug-likeness (QED) is 0.541. The maximum Gasteiger partial charge on any atom is 0.262 e. The van der Waals surface area contributed by atoms with E-state index in [1.165, 1.54) is 11.3 Å². The van der Waals surface area contributed by atoms with Crippen LogP contribution in [0.4, 0.5) is 10.8 Å². The lowest BCUT2D eigenvalue weighted by Gasteiger charge is -2.05. The summed E-state index contributed by atoms with van der Waals surface area (Å²) in [5.41, 5.74) is 1.83. The molecule has 0 fully saturated rings. The number of hydrogen-bond donors (Lipinski definition) is 1. The Morgan fingerprint density at radius 2 is 1.96 bits per heavy atom. The molecule has 0 saturated heterocycles. The Hall–Kier alpha value is -2.96. The molecule has 26 heavy (non-hydrogen) atoms. The third-order valence-corrected chi connectivity index (χ3v) is 4.55. The van der Waals surface area contributed by atoms with Crippen LogP contribution >= 0.6 is 22.9 Å². The molecule has 7 heteroatoms. The van der Waals surface area contributed by atoms with E-state index in [4.69, 9.17) is 16.0 Å². The summed E-state index contributed by atoms with van der Waals surface area (Å²) >= 11 is 7.26. The molecule has 0 radical (unpaired) electrons. The van der Waals surface area contributed by atoms with Gasteiger partial charge in [-0.05, 0) is 36.4 Å². The van der Waals surface area contributed by atoms with Gasteiger partial charge in [0.15, 0.2) is 5.13 Å². The van der Waals surface area contributed by atoms with Gasteiger partial charge in [-0.3, -0.25) is 10.1 Å². The summed E-state index contributed by atoms with van der Waals surface area (Å²) in [6.07, 6.45) is 1.63. The third-order valence-electron chi connectivity index (χ3n) is 3.61. The number of anilines is 1. The van der Waals surface area contributed by atoms with E-state index in [0.29, 0.717) is 27.0 Å². The average molecular weight is 382 g/mol. The van der Waals surface area contributed by atoms with E-state index in [9.17, 15) is 4.79 Å². The van der Waals surface area contributed by atoms with Crippen molar-refractivity contribution in [3.63, 3.8) is 0 Å². The lowest BCUT2D eigenvalue weighted by atomic mass is 10.2. The van der Waals surface area contributed by atoms with Gasteiger partial charge in [0.1, 0.15) is 11.1 Å². The number of nitrogens with one attached hydrogen (secondary N) is 1. The fourth-order valence-electron chi connectivity index (χ4n) is 2.40. The SMILES string of the molecule is O=C(Nc1nccs1)c1cc2ccccc2oc1=Nc1ccc(Cl)cc1. The molecule has 2 heterocycles. The molecule has 1 N–H and O–H groups in total. The van der Waals surface area contributed by atoms with Gasteiger partial charge in [-0.2, -0.15) is 0 Å². The highest BCUT2D eigenvalue weighted by atomic mass is 35.5. The number of fused-ring (bicyclic) bond motifs is 1. The third kappa shape index (κ3) is 3.51. The van der Waals surface area contributed by atoms with Crippen LogP contribution in [0.3, 0.4) is 0 Å². The number of nitrogens with zero attached hydrogens (tertiary/aromatic N) is 2. The van der Waals surface area contributed by atoms with Crippen LogP contribution in [0, 0.1) is 0 Å². The zero-order valence-corrected chi connectivity index (χ0v) is 14.9. The molecule has 0 bridgehead atoms. The molecular formula is C19H12ClN3O2S. The fraction of sp³-hybridized carbons (Fsp3) is 0. The van der Waals surface area contributed by atoms with Gasteiger partial charge in [0.05, 0.1) is 5.69 Å². The molecule has 4 rings (SSSR count). The second kappa shape index (κ2) is 7.11. The van der Waals surface area contributed by atoms with E-state index >= 15 is 0 Å². The second-order valence-corrected chi connectivity index (χ2v) is 6.71. The largest absolute Gasteiger partial charge is 0.438 e. The van der Waals surface area contributed by atoms with E-state index in [0.717, 1.165) is 5.39 Å². The van der Waals surface area contributed by atoms with Crippen molar-refractivity contribution in [3.8, 4) is 0 Å². The van der Waals surface area contributed by atoms with Gasteiger partial charge in [0, 0.05) is 22.0 Å². The molecule has 0 saturated carbocycles. The van der Waals surface area contributed by atoms with Gasteiger partial charge in [0.25, 0.3) is 5.91 Å². The van der Waals surface area contributed by atoms with E-state index in [1.807, 2.05) is 24.3 Å². The Morgan fingerprint density at radius 3 is 2.73 bits per heavy atom. The number of hydrogen-bond acceptors (Lipinski definition) is 5. The molecule has 4 aromatic rings. The van der Waals surface area contributed by atoms with Crippen molar-refractivity contribution >= 4 is 50.6 Å². The fourth-order valence-corrected chi connectivity index (χ4v) is 3.05. The van der Waals surface area contributed by atoms with Crippen molar-refractivity contribution in [3.05, 3.63) is 82.3 Å². The van der Waals surface area contributed by atoms with Crippen molar-refractivity contribution in [2.45, 2.75) is 0 Å². The lowest BCUT2D eigenvalue weighted by molar-refractivity contribution is 0.102. The Kier molecular flexibility index (Phi) is 4.51. The summed E-state index contributed by atoms with van der Waals surface area (Å²) in [6.45, 7) is 0. The van der Waals surface area contributed by atoms with E-state index in [1.54, 1.807) is 41.9 Å². The topological polar surface area (TPSA) is 67.5 Å². The molecular weight excluding hydrogens is 370 g/mol. The van der Waals surface area contributed by atoms with Gasteiger partial charge in [-0.1, -0.05) is 29.8 Å². The zero-order chi connectivity index (χ0) is 17.9. The number of halogens is 1. The summed E-state index contributed by atoms with van der Waals surface area (Å²) < 4.78 is 5.89. The van der Waals surface area contributed by atoms with E-state index in [-0.39, 0.29) is 11.5 Å². The highest BCUT2D eigenvalue weighted by Gasteiger charge is 2.14. The first-order chi connectivity index (χ1) is 12.7. The van der Waals surface area contributed by atoms with Crippen LogP contribution in [0.2, 0.25) is 5.02 Å². The van der Waals surface area contributed by atoms with Crippen molar-refractivity contribution < 1.29 is 9.21 Å². The molecule has 0 spiro atoms. The van der Waals surface area contributed by atoms with Crippen molar-refractivity contribution in [1.29, 1.82) is 0 Å². The minimum absolute atomic E-state index is 0.222. The Morgan fingerprint density at radius 1 is 1.15 bits per heavy atom. The van der Waals surface area contributed by atoms with Gasteiger partial charge in [-0.25, -0.2) is 9.98 Å². The molecule has 0 unspecified atom stereocenters. The summed E-state index contributed by atoms with van der Waals surface area (Å²) in [4.78, 5) is 21.3. The van der Waals surface area contributed by atoms with Crippen LogP contribution in [0.25, 0.3) is 11.0 Å². The molecule has 0 atom stereocenters. The number of thiazole rings is 1. The van der Waals surface area contributed by atoms with Crippen LogP contribution in [-0.2, 0) is 0 Å². The maximum absolute atomic E-state index is 12.7. The average Bonchev–Trinajstić information content (AvgIpc) is 3.16. The van der Waals surface area contributed by atoms with Gasteiger partial charge in [-0.15, -0.1) is 11.3 Å². The molecule has 2 aromatic heterocycles. The normalized spacial score (nSPS) is 11.7. The molecule has 128 valence electrons. The molecule has 0 aliphatic carbocycles. The first-order valence-electron chi connectivity index (χ1n) is 7.73. The van der Waals surface area contributed by atoms with Crippen LogP contribution < -0.4 is 10.9 Å². The zero-order valence-electron chi connectivity index (χ0n) is 13.3. The number of carbonyl (C=O) groups is 1. The minimum Gasteiger partial charge on any atom is -0.438 e. The van der Waals surface area contributed by atoms with Gasteiger partial charge < -0.3 is 4.42 Å². The van der Waals surface area contributed by atoms with Crippen LogP contribution in [-0.4, -0.2) is 10.9 Å². The first kappa shape index (κ1) is 16.5. The van der Waals surface area contributed by atoms with Crippen molar-refractivity contribution in [2.24, 2.45) is 4.99 Å². The number of amides is 1. The number of aromatic nitrogens is 1. The Bertz CT molecular complexity index is 1140. The predicted molar refractivity (Wildman–Crippen MR) is 103 cm³/mol. The van der Waals surface area contributed by atoms with Crippen LogP contribution in [0.5, 0.6) is 0 Å². The number of para-hydroxylation sites is 1. The summed E-state index contributed by atoms with van der Waals surface area (Å²) in [7, 11) is 0. The van der Waals surface area contributed by atoms with Gasteiger partial charge in [0.2, 0.25) is 5.55 Å². The standard InChI is InChI=1S/C19H12ClN3O2S/c20-13-5-7-14(8-6-13)22-18-15(17(24)23-19-21-9-10-26-19)11-12-3-1-2-4-16(12)25-18/h1-11H,(H,21,23,24). The first-order valence-corrected chi connectivity index (χ1v) is 8.99. The van der Waals surface area contributed by atoms with E-state index in [2.05, 4.69) is 15.3 Å². The monoisotopic (exact) mass is 381 g/mol. The highest BCUT2D eigenvalue weighted by Crippen LogP contribution is 2.18. The number of benzene rings is 2. The molecule has 0 aliphatic rings. The Labute approximate surface area is 157 Å². The maximum atomic E-state index is 12.7. The molecule has 5 nitrogen and oxygen atoms in total. The number of carbonyl (C=O) groups excluding carboxylic acids is 1. The lowest BCUT2D eigenvalue weighted by Crippen LogP contribution is -2.21. The highest BCUT2D eigenvalue weighted by molar-refractivity contribution is 7.13. The predicted octanol–water partition coefficient (Wildman–Crippen LogP) is 5.03. The molecule has 1 amide bonds. The van der Waals surface area contributed by atoms with Gasteiger partial charge >= 0.3 is 0 Å². The molecule has 2 aromatic carbocycles. The smallest absolute Gasteiger partial charge is 0.262 e. The van der Waals surface area contributed by atoms with Crippen molar-refractivity contribution in [2.75, 3.05) is 5.32 Å². The van der Waals surface area contributed by atoms with Crippen molar-refractivity contribution in [1.82, 2.24) is 4.98 Å².